The minimum Gasteiger partial charge on any atom is -0.258 e. The lowest BCUT2D eigenvalue weighted by molar-refractivity contribution is -0.387. The molecule has 8 heteroatoms. The third-order valence-electron chi connectivity index (χ3n) is 2.76. The summed E-state index contributed by atoms with van der Waals surface area (Å²) < 4.78 is 38.8. The molecule has 0 aromatic heterocycles. The largest absolute Gasteiger partial charge is 0.423 e. The monoisotopic (exact) mass is 335 g/mol. The second kappa shape index (κ2) is 5.54. The Hall–Kier alpha value is -1.79. The predicted molar refractivity (Wildman–Crippen MR) is 73.6 cm³/mol. The van der Waals surface area contributed by atoms with Gasteiger partial charge in [0.2, 0.25) is 0 Å². The van der Waals surface area contributed by atoms with E-state index in [1.54, 1.807) is 0 Å². The van der Waals surface area contributed by atoms with Crippen molar-refractivity contribution in [2.24, 2.45) is 0 Å². The highest BCUT2D eigenvalue weighted by Gasteiger charge is 2.40. The average Bonchev–Trinajstić information content (AvgIpc) is 2.37. The SMILES string of the molecule is O=[N+]([O-])c1c(-c2c(Cl)cccc2Cl)cccc1C(F)(F)F. The first kappa shape index (κ1) is 15.6. The lowest BCUT2D eigenvalue weighted by atomic mass is 9.99. The van der Waals surface area contributed by atoms with Crippen LogP contribution in [0.3, 0.4) is 0 Å². The number of nitro benzene ring substituents is 1. The van der Waals surface area contributed by atoms with E-state index >= 15 is 0 Å². The van der Waals surface area contributed by atoms with E-state index in [9.17, 15) is 23.3 Å². The maximum atomic E-state index is 12.9. The van der Waals surface area contributed by atoms with Gasteiger partial charge in [-0.1, -0.05) is 35.3 Å². The number of nitro groups is 1. The Morgan fingerprint density at radius 2 is 1.52 bits per heavy atom. The first-order valence-corrected chi connectivity index (χ1v) is 6.28. The zero-order chi connectivity index (χ0) is 15.8. The van der Waals surface area contributed by atoms with Crippen molar-refractivity contribution in [2.75, 3.05) is 0 Å². The molecule has 0 amide bonds. The zero-order valence-corrected chi connectivity index (χ0v) is 11.6. The molecule has 0 aliphatic carbocycles. The fraction of sp³-hybridized carbons (Fsp3) is 0.0769. The molecule has 21 heavy (non-hydrogen) atoms. The van der Waals surface area contributed by atoms with E-state index in [-0.39, 0.29) is 21.2 Å². The van der Waals surface area contributed by atoms with Gasteiger partial charge in [-0.2, -0.15) is 13.2 Å². The molecule has 2 aromatic carbocycles. The van der Waals surface area contributed by atoms with Gasteiger partial charge >= 0.3 is 6.18 Å². The Labute approximate surface area is 127 Å². The van der Waals surface area contributed by atoms with E-state index < -0.39 is 22.4 Å². The number of nitrogens with zero attached hydrogens (tertiary/aromatic N) is 1. The molecule has 0 heterocycles. The number of hydrogen-bond acceptors (Lipinski definition) is 2. The van der Waals surface area contributed by atoms with E-state index in [1.165, 1.54) is 24.3 Å². The van der Waals surface area contributed by atoms with Crippen LogP contribution in [0.2, 0.25) is 10.0 Å². The molecular weight excluding hydrogens is 330 g/mol. The Kier molecular flexibility index (Phi) is 4.11. The molecule has 2 aromatic rings. The van der Waals surface area contributed by atoms with Crippen molar-refractivity contribution in [3.63, 3.8) is 0 Å². The molecule has 0 bridgehead atoms. The van der Waals surface area contributed by atoms with Crippen LogP contribution >= 0.6 is 23.2 Å². The molecule has 3 nitrogen and oxygen atoms in total. The standard InChI is InChI=1S/C13H6Cl2F3NO2/c14-9-5-2-6-10(15)11(9)7-3-1-4-8(13(16,17)18)12(7)19(20)21/h1-6H. The summed E-state index contributed by atoms with van der Waals surface area (Å²) in [6.45, 7) is 0. The third kappa shape index (κ3) is 2.96. The predicted octanol–water partition coefficient (Wildman–Crippen LogP) is 5.59. The van der Waals surface area contributed by atoms with Gasteiger partial charge in [0.15, 0.2) is 0 Å². The van der Waals surface area contributed by atoms with Crippen LogP contribution in [0.4, 0.5) is 18.9 Å². The van der Waals surface area contributed by atoms with Crippen LogP contribution < -0.4 is 0 Å². The molecule has 2 rings (SSSR count). The van der Waals surface area contributed by atoms with Gasteiger partial charge in [0.1, 0.15) is 5.56 Å². The van der Waals surface area contributed by atoms with Gasteiger partial charge in [-0.3, -0.25) is 10.1 Å². The van der Waals surface area contributed by atoms with Crippen LogP contribution in [-0.2, 0) is 6.18 Å². The summed E-state index contributed by atoms with van der Waals surface area (Å²) >= 11 is 11.8. The van der Waals surface area contributed by atoms with Gasteiger partial charge in [0.05, 0.1) is 20.5 Å². The van der Waals surface area contributed by atoms with Gasteiger partial charge in [0.25, 0.3) is 5.69 Å². The highest BCUT2D eigenvalue weighted by Crippen LogP contribution is 2.45. The second-order valence-corrected chi connectivity index (χ2v) is 4.87. The van der Waals surface area contributed by atoms with Crippen LogP contribution in [0, 0.1) is 10.1 Å². The molecule has 0 fully saturated rings. The van der Waals surface area contributed by atoms with Gasteiger partial charge in [-0.15, -0.1) is 0 Å². The molecule has 110 valence electrons. The maximum Gasteiger partial charge on any atom is 0.423 e. The molecule has 0 atom stereocenters. The van der Waals surface area contributed by atoms with Crippen molar-refractivity contribution in [1.82, 2.24) is 0 Å². The molecule has 0 radical (unpaired) electrons. The zero-order valence-electron chi connectivity index (χ0n) is 10.1. The summed E-state index contributed by atoms with van der Waals surface area (Å²) in [5, 5.41) is 11.2. The van der Waals surface area contributed by atoms with Crippen LogP contribution in [0.25, 0.3) is 11.1 Å². The van der Waals surface area contributed by atoms with Crippen molar-refractivity contribution >= 4 is 28.9 Å². The van der Waals surface area contributed by atoms with Crippen LogP contribution in [0.1, 0.15) is 5.56 Å². The molecule has 0 saturated carbocycles. The summed E-state index contributed by atoms with van der Waals surface area (Å²) in [4.78, 5) is 10.0. The van der Waals surface area contributed by atoms with Crippen molar-refractivity contribution in [1.29, 1.82) is 0 Å². The van der Waals surface area contributed by atoms with Gasteiger partial charge in [-0.05, 0) is 24.3 Å². The molecule has 0 saturated heterocycles. The van der Waals surface area contributed by atoms with Crippen LogP contribution in [0.5, 0.6) is 0 Å². The van der Waals surface area contributed by atoms with E-state index in [0.29, 0.717) is 6.07 Å². The number of benzene rings is 2. The lowest BCUT2D eigenvalue weighted by Crippen LogP contribution is -2.09. The first-order valence-electron chi connectivity index (χ1n) is 5.52. The van der Waals surface area contributed by atoms with Gasteiger partial charge in [0, 0.05) is 5.56 Å². The minimum absolute atomic E-state index is 0.00127. The average molecular weight is 336 g/mol. The Morgan fingerprint density at radius 3 is 2.00 bits per heavy atom. The number of rotatable bonds is 2. The normalized spacial score (nSPS) is 11.5. The fourth-order valence-electron chi connectivity index (χ4n) is 1.93. The van der Waals surface area contributed by atoms with E-state index in [4.69, 9.17) is 23.2 Å². The maximum absolute atomic E-state index is 12.9. The van der Waals surface area contributed by atoms with E-state index in [1.807, 2.05) is 0 Å². The number of halogens is 5. The van der Waals surface area contributed by atoms with Crippen molar-refractivity contribution in [3.05, 3.63) is 62.1 Å². The van der Waals surface area contributed by atoms with Crippen LogP contribution in [-0.4, -0.2) is 4.92 Å². The summed E-state index contributed by atoms with van der Waals surface area (Å²) in [5.41, 5.74) is -2.69. The van der Waals surface area contributed by atoms with Gasteiger partial charge < -0.3 is 0 Å². The molecule has 0 unspecified atom stereocenters. The Bertz CT molecular complexity index is 697. The topological polar surface area (TPSA) is 43.1 Å². The molecule has 0 N–H and O–H groups in total. The highest BCUT2D eigenvalue weighted by atomic mass is 35.5. The van der Waals surface area contributed by atoms with Crippen molar-refractivity contribution < 1.29 is 18.1 Å². The number of para-hydroxylation sites is 1. The molecular formula is C13H6Cl2F3NO2. The summed E-state index contributed by atoms with van der Waals surface area (Å²) in [6.07, 6.45) is -4.86. The highest BCUT2D eigenvalue weighted by molar-refractivity contribution is 6.39. The van der Waals surface area contributed by atoms with Crippen LogP contribution in [0.15, 0.2) is 36.4 Å². The van der Waals surface area contributed by atoms with E-state index in [2.05, 4.69) is 0 Å². The van der Waals surface area contributed by atoms with E-state index in [0.717, 1.165) is 6.07 Å². The third-order valence-corrected chi connectivity index (χ3v) is 3.39. The lowest BCUT2D eigenvalue weighted by Gasteiger charge is -2.12. The first-order chi connectivity index (χ1) is 9.73. The quantitative estimate of drug-likeness (QED) is 0.530. The number of alkyl halides is 3. The molecule has 0 aliphatic rings. The van der Waals surface area contributed by atoms with Gasteiger partial charge in [-0.25, -0.2) is 0 Å². The summed E-state index contributed by atoms with van der Waals surface area (Å²) in [5.74, 6) is 0. The fourth-order valence-corrected chi connectivity index (χ4v) is 2.53. The summed E-state index contributed by atoms with van der Waals surface area (Å²) in [6, 6.07) is 7.19. The minimum atomic E-state index is -4.86. The molecule has 0 spiro atoms. The Morgan fingerprint density at radius 1 is 1.00 bits per heavy atom. The summed E-state index contributed by atoms with van der Waals surface area (Å²) in [7, 11) is 0. The second-order valence-electron chi connectivity index (χ2n) is 4.05. The Balaban J connectivity index is 2.85. The van der Waals surface area contributed by atoms with Crippen molar-refractivity contribution in [2.45, 2.75) is 6.18 Å². The molecule has 0 aliphatic heterocycles. The smallest absolute Gasteiger partial charge is 0.258 e. The number of hydrogen-bond donors (Lipinski definition) is 0. The van der Waals surface area contributed by atoms with Crippen molar-refractivity contribution in [3.8, 4) is 11.1 Å².